The fourth-order valence-electron chi connectivity index (χ4n) is 3.14. The number of likely N-dealkylation sites (N-methyl/N-ethyl adjacent to an activating group) is 1. The Morgan fingerprint density at radius 1 is 0.923 bits per heavy atom. The van der Waals surface area contributed by atoms with Crippen molar-refractivity contribution < 1.29 is 9.53 Å². The summed E-state index contributed by atoms with van der Waals surface area (Å²) >= 11 is 0. The Bertz CT molecular complexity index is 976. The van der Waals surface area contributed by atoms with Gasteiger partial charge in [-0.2, -0.15) is 0 Å². The number of nitrogens with zero attached hydrogens (tertiary/aromatic N) is 1. The highest BCUT2D eigenvalue weighted by molar-refractivity contribution is 6.35. The fraction of sp³-hybridized carbons (Fsp3) is 0.0870. The molecular formula is C23H19NO2. The van der Waals surface area contributed by atoms with Crippen LogP contribution in [0.5, 0.6) is 5.75 Å². The Hall–Kier alpha value is -3.33. The van der Waals surface area contributed by atoms with Crippen molar-refractivity contribution in [1.82, 2.24) is 0 Å². The van der Waals surface area contributed by atoms with Crippen LogP contribution in [0.15, 0.2) is 78.9 Å². The molecule has 0 bridgehead atoms. The van der Waals surface area contributed by atoms with Gasteiger partial charge in [-0.1, -0.05) is 60.7 Å². The minimum atomic E-state index is 0.0156. The van der Waals surface area contributed by atoms with Crippen molar-refractivity contribution >= 4 is 23.2 Å². The highest BCUT2D eigenvalue weighted by Crippen LogP contribution is 2.36. The van der Waals surface area contributed by atoms with E-state index in [0.29, 0.717) is 12.2 Å². The second-order valence-electron chi connectivity index (χ2n) is 6.29. The van der Waals surface area contributed by atoms with Gasteiger partial charge >= 0.3 is 0 Å². The fourth-order valence-corrected chi connectivity index (χ4v) is 3.14. The Kier molecular flexibility index (Phi) is 4.28. The van der Waals surface area contributed by atoms with Crippen LogP contribution in [0.3, 0.4) is 0 Å². The molecule has 3 aromatic rings. The Labute approximate surface area is 153 Å². The lowest BCUT2D eigenvalue weighted by atomic mass is 10.0. The van der Waals surface area contributed by atoms with Crippen LogP contribution >= 0.6 is 0 Å². The molecule has 128 valence electrons. The van der Waals surface area contributed by atoms with Gasteiger partial charge in [0.15, 0.2) is 0 Å². The molecule has 0 saturated carbocycles. The van der Waals surface area contributed by atoms with Crippen LogP contribution in [0.2, 0.25) is 0 Å². The summed E-state index contributed by atoms with van der Waals surface area (Å²) in [6, 6.07) is 25.7. The van der Waals surface area contributed by atoms with Gasteiger partial charge in [0.25, 0.3) is 5.91 Å². The quantitative estimate of drug-likeness (QED) is 0.639. The first-order valence-corrected chi connectivity index (χ1v) is 8.58. The number of hydrogen-bond donors (Lipinski definition) is 0. The molecule has 1 aliphatic rings. The molecule has 3 aromatic carbocycles. The van der Waals surface area contributed by atoms with Crippen molar-refractivity contribution in [1.29, 1.82) is 0 Å². The van der Waals surface area contributed by atoms with Gasteiger partial charge < -0.3 is 9.64 Å². The monoisotopic (exact) mass is 341 g/mol. The summed E-state index contributed by atoms with van der Waals surface area (Å²) in [6.07, 6.45) is 1.93. The molecule has 0 N–H and O–H groups in total. The third-order valence-electron chi connectivity index (χ3n) is 4.51. The van der Waals surface area contributed by atoms with Gasteiger partial charge in [0.1, 0.15) is 12.4 Å². The predicted molar refractivity (Wildman–Crippen MR) is 105 cm³/mol. The van der Waals surface area contributed by atoms with E-state index >= 15 is 0 Å². The van der Waals surface area contributed by atoms with Crippen molar-refractivity contribution in [3.8, 4) is 5.75 Å². The molecule has 3 heteroatoms. The van der Waals surface area contributed by atoms with Crippen LogP contribution in [0.4, 0.5) is 5.69 Å². The molecule has 0 fully saturated rings. The van der Waals surface area contributed by atoms with Crippen molar-refractivity contribution in [3.63, 3.8) is 0 Å². The summed E-state index contributed by atoms with van der Waals surface area (Å²) in [4.78, 5) is 14.3. The van der Waals surface area contributed by atoms with E-state index in [9.17, 15) is 4.79 Å². The van der Waals surface area contributed by atoms with Gasteiger partial charge in [0, 0.05) is 18.2 Å². The lowest BCUT2D eigenvalue weighted by molar-refractivity contribution is -0.112. The average Bonchev–Trinajstić information content (AvgIpc) is 2.93. The molecule has 0 aromatic heterocycles. The molecule has 0 saturated heterocycles. The van der Waals surface area contributed by atoms with Gasteiger partial charge in [0.05, 0.1) is 5.69 Å². The van der Waals surface area contributed by atoms with Crippen LogP contribution in [-0.4, -0.2) is 13.0 Å². The largest absolute Gasteiger partial charge is 0.489 e. The minimum absolute atomic E-state index is 0.0156. The molecule has 1 amide bonds. The second-order valence-corrected chi connectivity index (χ2v) is 6.29. The first kappa shape index (κ1) is 16.2. The first-order valence-electron chi connectivity index (χ1n) is 8.58. The van der Waals surface area contributed by atoms with Gasteiger partial charge in [0.2, 0.25) is 0 Å². The van der Waals surface area contributed by atoms with Crippen LogP contribution in [0.1, 0.15) is 16.7 Å². The molecule has 0 unspecified atom stereocenters. The lowest BCUT2D eigenvalue weighted by Gasteiger charge is -2.08. The number of hydrogen-bond acceptors (Lipinski definition) is 2. The van der Waals surface area contributed by atoms with E-state index in [2.05, 4.69) is 0 Å². The van der Waals surface area contributed by atoms with Crippen LogP contribution < -0.4 is 9.64 Å². The highest BCUT2D eigenvalue weighted by Gasteiger charge is 2.28. The number of ether oxygens (including phenoxy) is 1. The van der Waals surface area contributed by atoms with Crippen LogP contribution in [0.25, 0.3) is 11.6 Å². The maximum absolute atomic E-state index is 12.6. The zero-order valence-electron chi connectivity index (χ0n) is 14.6. The Morgan fingerprint density at radius 3 is 2.54 bits per heavy atom. The van der Waals surface area contributed by atoms with Crippen molar-refractivity contribution in [2.24, 2.45) is 0 Å². The summed E-state index contributed by atoms with van der Waals surface area (Å²) in [7, 11) is 1.81. The van der Waals surface area contributed by atoms with E-state index in [1.807, 2.05) is 84.9 Å². The summed E-state index contributed by atoms with van der Waals surface area (Å²) in [6.45, 7) is 0.519. The summed E-state index contributed by atoms with van der Waals surface area (Å²) < 4.78 is 5.89. The van der Waals surface area contributed by atoms with Crippen molar-refractivity contribution in [2.75, 3.05) is 11.9 Å². The molecular weight excluding hydrogens is 322 g/mol. The maximum Gasteiger partial charge on any atom is 0.258 e. The van der Waals surface area contributed by atoms with Gasteiger partial charge in [-0.15, -0.1) is 0 Å². The molecule has 0 spiro atoms. The van der Waals surface area contributed by atoms with Crippen molar-refractivity contribution in [3.05, 3.63) is 95.6 Å². The average molecular weight is 341 g/mol. The molecule has 3 nitrogen and oxygen atoms in total. The third kappa shape index (κ3) is 3.11. The number of benzene rings is 3. The normalized spacial score (nSPS) is 14.6. The minimum Gasteiger partial charge on any atom is -0.489 e. The second kappa shape index (κ2) is 6.89. The van der Waals surface area contributed by atoms with E-state index in [1.54, 1.807) is 11.9 Å². The number of carbonyl (C=O) groups excluding carboxylic acids is 1. The molecule has 4 rings (SSSR count). The van der Waals surface area contributed by atoms with Crippen molar-refractivity contribution in [2.45, 2.75) is 6.61 Å². The molecule has 26 heavy (non-hydrogen) atoms. The smallest absolute Gasteiger partial charge is 0.258 e. The zero-order valence-corrected chi connectivity index (χ0v) is 14.6. The zero-order chi connectivity index (χ0) is 17.9. The number of para-hydroxylation sites is 1. The molecule has 0 radical (unpaired) electrons. The molecule has 0 aliphatic carbocycles. The third-order valence-corrected chi connectivity index (χ3v) is 4.51. The van der Waals surface area contributed by atoms with Gasteiger partial charge in [-0.3, -0.25) is 4.79 Å². The summed E-state index contributed by atoms with van der Waals surface area (Å²) in [5, 5.41) is 0. The Balaban J connectivity index is 1.59. The molecule has 1 heterocycles. The van der Waals surface area contributed by atoms with Gasteiger partial charge in [-0.05, 0) is 35.4 Å². The van der Waals surface area contributed by atoms with E-state index in [1.165, 1.54) is 0 Å². The van der Waals surface area contributed by atoms with Crippen LogP contribution in [0, 0.1) is 0 Å². The maximum atomic E-state index is 12.6. The number of rotatable bonds is 4. The van der Waals surface area contributed by atoms with E-state index < -0.39 is 0 Å². The lowest BCUT2D eigenvalue weighted by Crippen LogP contribution is -2.20. The predicted octanol–water partition coefficient (Wildman–Crippen LogP) is 4.78. The highest BCUT2D eigenvalue weighted by atomic mass is 16.5. The number of amides is 1. The molecule has 1 aliphatic heterocycles. The number of carbonyl (C=O) groups is 1. The van der Waals surface area contributed by atoms with E-state index in [-0.39, 0.29) is 5.91 Å². The summed E-state index contributed by atoms with van der Waals surface area (Å²) in [5.41, 5.74) is 4.70. The van der Waals surface area contributed by atoms with E-state index in [0.717, 1.165) is 28.1 Å². The van der Waals surface area contributed by atoms with E-state index in [4.69, 9.17) is 4.74 Å². The topological polar surface area (TPSA) is 29.5 Å². The first-order chi connectivity index (χ1) is 12.7. The number of anilines is 1. The Morgan fingerprint density at radius 2 is 1.69 bits per heavy atom. The standard InChI is InChI=1S/C23H19NO2/c1-24-22-13-6-5-12-20(22)21(23(24)25)15-18-10-7-11-19(14-18)26-16-17-8-3-2-4-9-17/h2-15H,16H2,1H3/b21-15-. The SMILES string of the molecule is CN1C(=O)/C(=C\c2cccc(OCc3ccccc3)c2)c2ccccc21. The van der Waals surface area contributed by atoms with Crippen LogP contribution in [-0.2, 0) is 11.4 Å². The summed E-state index contributed by atoms with van der Waals surface area (Å²) in [5.74, 6) is 0.803. The molecule has 0 atom stereocenters. The number of fused-ring (bicyclic) bond motifs is 1. The van der Waals surface area contributed by atoms with Gasteiger partial charge in [-0.25, -0.2) is 0 Å².